The summed E-state index contributed by atoms with van der Waals surface area (Å²) in [6, 6.07) is 7.73. The lowest BCUT2D eigenvalue weighted by atomic mass is 9.88. The van der Waals surface area contributed by atoms with Crippen LogP contribution in [0.2, 0.25) is 0 Å². The summed E-state index contributed by atoms with van der Waals surface area (Å²) < 4.78 is 5.07. The molecule has 1 aromatic carbocycles. The van der Waals surface area contributed by atoms with Crippen LogP contribution in [0.25, 0.3) is 6.08 Å². The number of benzene rings is 1. The lowest BCUT2D eigenvalue weighted by Gasteiger charge is -2.36. The Morgan fingerprint density at radius 1 is 1.09 bits per heavy atom. The van der Waals surface area contributed by atoms with Gasteiger partial charge in [-0.3, -0.25) is 24.1 Å². The molecule has 3 aliphatic rings. The Labute approximate surface area is 187 Å². The molecule has 9 heteroatoms. The first kappa shape index (κ1) is 22.2. The largest absolute Gasteiger partial charge is 0.375 e. The van der Waals surface area contributed by atoms with Crippen LogP contribution in [0.4, 0.5) is 0 Å². The third-order valence-electron chi connectivity index (χ3n) is 6.47. The van der Waals surface area contributed by atoms with Crippen molar-refractivity contribution in [3.63, 3.8) is 0 Å². The maximum absolute atomic E-state index is 13.6. The monoisotopic (exact) mass is 440 g/mol. The van der Waals surface area contributed by atoms with Gasteiger partial charge in [0, 0.05) is 40.3 Å². The average Bonchev–Trinajstić information content (AvgIpc) is 3.27. The molecule has 4 unspecified atom stereocenters. The summed E-state index contributed by atoms with van der Waals surface area (Å²) in [5, 5.41) is 3.20. The van der Waals surface area contributed by atoms with Gasteiger partial charge >= 0.3 is 0 Å². The molecule has 170 valence electrons. The number of amides is 4. The van der Waals surface area contributed by atoms with Crippen molar-refractivity contribution >= 4 is 29.7 Å². The van der Waals surface area contributed by atoms with E-state index in [0.29, 0.717) is 26.2 Å². The number of hydrogen-bond acceptors (Lipinski definition) is 6. The van der Waals surface area contributed by atoms with Crippen LogP contribution >= 0.6 is 0 Å². The fourth-order valence-corrected chi connectivity index (χ4v) is 4.94. The van der Waals surface area contributed by atoms with Gasteiger partial charge in [0.05, 0.1) is 17.9 Å². The lowest BCUT2D eigenvalue weighted by Crippen LogP contribution is -2.57. The number of carbonyl (C=O) groups excluding carboxylic acids is 4. The third-order valence-corrected chi connectivity index (χ3v) is 6.47. The zero-order valence-corrected chi connectivity index (χ0v) is 18.3. The molecule has 9 nitrogen and oxygen atoms in total. The van der Waals surface area contributed by atoms with Crippen LogP contribution in [-0.4, -0.2) is 97.4 Å². The van der Waals surface area contributed by atoms with Crippen LogP contribution in [0.15, 0.2) is 36.4 Å². The summed E-state index contributed by atoms with van der Waals surface area (Å²) in [6.45, 7) is 2.02. The number of hydrogen-bond donors (Lipinski definition) is 1. The van der Waals surface area contributed by atoms with Crippen molar-refractivity contribution in [1.29, 1.82) is 0 Å². The molecule has 3 saturated heterocycles. The van der Waals surface area contributed by atoms with Gasteiger partial charge in [-0.15, -0.1) is 0 Å². The third kappa shape index (κ3) is 3.82. The Morgan fingerprint density at radius 3 is 2.41 bits per heavy atom. The minimum absolute atomic E-state index is 0.237. The maximum atomic E-state index is 13.6. The molecule has 3 heterocycles. The Morgan fingerprint density at radius 2 is 1.75 bits per heavy atom. The van der Waals surface area contributed by atoms with Crippen LogP contribution in [0.3, 0.4) is 0 Å². The fraction of sp³-hybridized carbons (Fsp3) is 0.478. The molecule has 32 heavy (non-hydrogen) atoms. The van der Waals surface area contributed by atoms with E-state index in [1.54, 1.807) is 11.0 Å². The van der Waals surface area contributed by atoms with E-state index in [1.807, 2.05) is 36.4 Å². The molecule has 0 spiro atoms. The molecule has 3 fully saturated rings. The number of ether oxygens (including phenoxy) is 1. The van der Waals surface area contributed by atoms with Crippen molar-refractivity contribution in [3.8, 4) is 0 Å². The molecule has 3 aliphatic heterocycles. The summed E-state index contributed by atoms with van der Waals surface area (Å²) in [5.74, 6) is -3.20. The maximum Gasteiger partial charge on any atom is 0.249 e. The van der Waals surface area contributed by atoms with Crippen molar-refractivity contribution in [2.45, 2.75) is 12.1 Å². The topological polar surface area (TPSA) is 99.3 Å². The summed E-state index contributed by atoms with van der Waals surface area (Å²) in [4.78, 5) is 57.0. The molecule has 4 rings (SSSR count). The average molecular weight is 441 g/mol. The SMILES string of the molecule is COCC(=O)N1C(C=Cc2ccccc2)C2C(=O)N(C)C(=O)C2C1C(=O)N1CCNCC1. The second kappa shape index (κ2) is 9.22. The Hall–Kier alpha value is -3.04. The van der Waals surface area contributed by atoms with E-state index in [-0.39, 0.29) is 18.4 Å². The van der Waals surface area contributed by atoms with Crippen LogP contribution in [0, 0.1) is 11.8 Å². The molecule has 0 aromatic heterocycles. The lowest BCUT2D eigenvalue weighted by molar-refractivity contribution is -0.151. The highest BCUT2D eigenvalue weighted by Crippen LogP contribution is 2.43. The van der Waals surface area contributed by atoms with Crippen molar-refractivity contribution in [3.05, 3.63) is 42.0 Å². The zero-order chi connectivity index (χ0) is 22.8. The zero-order valence-electron chi connectivity index (χ0n) is 18.3. The van der Waals surface area contributed by atoms with E-state index in [1.165, 1.54) is 19.1 Å². The number of nitrogens with zero attached hydrogens (tertiary/aromatic N) is 3. The summed E-state index contributed by atoms with van der Waals surface area (Å²) >= 11 is 0. The highest BCUT2D eigenvalue weighted by Gasteiger charge is 2.64. The smallest absolute Gasteiger partial charge is 0.249 e. The highest BCUT2D eigenvalue weighted by atomic mass is 16.5. The molecule has 1 aromatic rings. The van der Waals surface area contributed by atoms with Crippen molar-refractivity contribution in [2.24, 2.45) is 11.8 Å². The quantitative estimate of drug-likeness (QED) is 0.625. The molecular weight excluding hydrogens is 412 g/mol. The Kier molecular flexibility index (Phi) is 6.38. The first-order valence-corrected chi connectivity index (χ1v) is 10.8. The molecule has 0 saturated carbocycles. The van der Waals surface area contributed by atoms with E-state index in [2.05, 4.69) is 5.32 Å². The molecule has 0 aliphatic carbocycles. The minimum atomic E-state index is -1.03. The van der Waals surface area contributed by atoms with Crippen LogP contribution in [-0.2, 0) is 23.9 Å². The predicted octanol–water partition coefficient (Wildman–Crippen LogP) is -0.412. The second-order valence-electron chi connectivity index (χ2n) is 8.30. The van der Waals surface area contributed by atoms with Gasteiger partial charge in [-0.2, -0.15) is 0 Å². The normalized spacial score (nSPS) is 28.0. The molecule has 0 bridgehead atoms. The molecule has 4 atom stereocenters. The molecule has 0 radical (unpaired) electrons. The van der Waals surface area contributed by atoms with Crippen molar-refractivity contribution in [2.75, 3.05) is 46.9 Å². The van der Waals surface area contributed by atoms with Crippen LogP contribution < -0.4 is 5.32 Å². The minimum Gasteiger partial charge on any atom is -0.375 e. The Balaban J connectivity index is 1.76. The van der Waals surface area contributed by atoms with Gasteiger partial charge < -0.3 is 19.9 Å². The van der Waals surface area contributed by atoms with Gasteiger partial charge in [0.2, 0.25) is 23.6 Å². The Bertz CT molecular complexity index is 928. The molecule has 4 amide bonds. The number of methoxy groups -OCH3 is 1. The number of rotatable bonds is 5. The van der Waals surface area contributed by atoms with Crippen LogP contribution in [0.1, 0.15) is 5.56 Å². The van der Waals surface area contributed by atoms with Gasteiger partial charge in [-0.1, -0.05) is 42.5 Å². The van der Waals surface area contributed by atoms with E-state index in [9.17, 15) is 19.2 Å². The number of imide groups is 1. The first-order valence-electron chi connectivity index (χ1n) is 10.8. The van der Waals surface area contributed by atoms with E-state index < -0.39 is 35.7 Å². The van der Waals surface area contributed by atoms with E-state index in [4.69, 9.17) is 4.74 Å². The van der Waals surface area contributed by atoms with E-state index >= 15 is 0 Å². The number of nitrogens with one attached hydrogen (secondary N) is 1. The van der Waals surface area contributed by atoms with Gasteiger partial charge in [0.1, 0.15) is 12.6 Å². The van der Waals surface area contributed by atoms with Gasteiger partial charge in [-0.25, -0.2) is 0 Å². The van der Waals surface area contributed by atoms with Gasteiger partial charge in [0.25, 0.3) is 0 Å². The van der Waals surface area contributed by atoms with Crippen molar-refractivity contribution in [1.82, 2.24) is 20.0 Å². The summed E-state index contributed by atoms with van der Waals surface area (Å²) in [5.41, 5.74) is 0.894. The van der Waals surface area contributed by atoms with Crippen molar-refractivity contribution < 1.29 is 23.9 Å². The predicted molar refractivity (Wildman–Crippen MR) is 116 cm³/mol. The highest BCUT2D eigenvalue weighted by molar-refractivity contribution is 6.10. The van der Waals surface area contributed by atoms with Gasteiger partial charge in [0.15, 0.2) is 0 Å². The van der Waals surface area contributed by atoms with E-state index in [0.717, 1.165) is 10.5 Å². The van der Waals surface area contributed by atoms with Gasteiger partial charge in [-0.05, 0) is 5.56 Å². The number of piperazine rings is 1. The van der Waals surface area contributed by atoms with Crippen LogP contribution in [0.5, 0.6) is 0 Å². The molecular formula is C23H28N4O5. The molecule has 1 N–H and O–H groups in total. The second-order valence-corrected chi connectivity index (χ2v) is 8.30. The fourth-order valence-electron chi connectivity index (χ4n) is 4.94. The standard InChI is InChI=1S/C23H28N4O5/c1-25-21(29)18-16(9-8-15-6-4-3-5-7-15)27(17(28)14-32-2)20(19(18)22(25)30)23(31)26-12-10-24-11-13-26/h3-9,16,18-20,24H,10-14H2,1-2H3. The summed E-state index contributed by atoms with van der Waals surface area (Å²) in [7, 11) is 2.84. The number of carbonyl (C=O) groups is 4. The number of fused-ring (bicyclic) bond motifs is 1. The number of likely N-dealkylation sites (tertiary alicyclic amines) is 2. The summed E-state index contributed by atoms with van der Waals surface area (Å²) in [6.07, 6.45) is 3.58. The first-order chi connectivity index (χ1) is 15.5.